The standard InChI is InChI=1S/C15H21FN2O/c1-9(17)12-6-11(16)3-4-14(12)18-7-10-2-5-15(19)13(10)8-18/h3-4,6,9-10,13,15,19H,2,5,7-8,17H2,1H3/t9-,10?,13?,15?/m0/s1. The zero-order valence-corrected chi connectivity index (χ0v) is 11.2. The Bertz CT molecular complexity index is 477. The van der Waals surface area contributed by atoms with Gasteiger partial charge in [-0.15, -0.1) is 0 Å². The second-order valence-corrected chi connectivity index (χ2v) is 5.97. The lowest BCUT2D eigenvalue weighted by atomic mass is 10.00. The van der Waals surface area contributed by atoms with Crippen molar-refractivity contribution >= 4 is 5.69 Å². The summed E-state index contributed by atoms with van der Waals surface area (Å²) in [5.41, 5.74) is 7.83. The van der Waals surface area contributed by atoms with Gasteiger partial charge in [-0.1, -0.05) is 0 Å². The van der Waals surface area contributed by atoms with Crippen LogP contribution in [0.15, 0.2) is 18.2 Å². The van der Waals surface area contributed by atoms with Crippen molar-refractivity contribution in [3.05, 3.63) is 29.6 Å². The maximum absolute atomic E-state index is 13.4. The highest BCUT2D eigenvalue weighted by molar-refractivity contribution is 5.56. The van der Waals surface area contributed by atoms with E-state index in [4.69, 9.17) is 5.73 Å². The molecule has 0 amide bonds. The van der Waals surface area contributed by atoms with Crippen LogP contribution in [0.4, 0.5) is 10.1 Å². The van der Waals surface area contributed by atoms with E-state index < -0.39 is 0 Å². The van der Waals surface area contributed by atoms with E-state index in [1.807, 2.05) is 13.0 Å². The fraction of sp³-hybridized carbons (Fsp3) is 0.600. The third kappa shape index (κ3) is 2.23. The predicted octanol–water partition coefficient (Wildman–Crippen LogP) is 2.05. The quantitative estimate of drug-likeness (QED) is 0.859. The molecule has 3 rings (SSSR count). The van der Waals surface area contributed by atoms with E-state index in [2.05, 4.69) is 4.90 Å². The molecule has 2 fully saturated rings. The Hall–Kier alpha value is -1.13. The third-order valence-corrected chi connectivity index (χ3v) is 4.64. The fourth-order valence-electron chi connectivity index (χ4n) is 3.61. The molecule has 1 saturated heterocycles. The molecule has 1 aliphatic carbocycles. The first-order valence-corrected chi connectivity index (χ1v) is 7.04. The monoisotopic (exact) mass is 264 g/mol. The molecule has 19 heavy (non-hydrogen) atoms. The second-order valence-electron chi connectivity index (χ2n) is 5.97. The Labute approximate surface area is 113 Å². The molecule has 1 aromatic rings. The highest BCUT2D eigenvalue weighted by atomic mass is 19.1. The van der Waals surface area contributed by atoms with E-state index >= 15 is 0 Å². The van der Waals surface area contributed by atoms with Gasteiger partial charge in [0.25, 0.3) is 0 Å². The van der Waals surface area contributed by atoms with Crippen LogP contribution in [0.2, 0.25) is 0 Å². The first-order chi connectivity index (χ1) is 9.06. The van der Waals surface area contributed by atoms with Gasteiger partial charge in [0.1, 0.15) is 5.82 Å². The van der Waals surface area contributed by atoms with Gasteiger partial charge in [-0.2, -0.15) is 0 Å². The van der Waals surface area contributed by atoms with Crippen molar-refractivity contribution in [3.63, 3.8) is 0 Å². The van der Waals surface area contributed by atoms with Crippen LogP contribution in [0, 0.1) is 17.7 Å². The summed E-state index contributed by atoms with van der Waals surface area (Å²) in [6, 6.07) is 4.66. The van der Waals surface area contributed by atoms with Crippen LogP contribution in [0.1, 0.15) is 31.4 Å². The molecule has 2 aliphatic rings. The lowest BCUT2D eigenvalue weighted by Gasteiger charge is -2.25. The van der Waals surface area contributed by atoms with Crippen molar-refractivity contribution < 1.29 is 9.50 Å². The Kier molecular flexibility index (Phi) is 3.23. The average molecular weight is 264 g/mol. The zero-order valence-electron chi connectivity index (χ0n) is 11.2. The summed E-state index contributed by atoms with van der Waals surface area (Å²) in [6.45, 7) is 3.69. The minimum Gasteiger partial charge on any atom is -0.393 e. The number of anilines is 1. The van der Waals surface area contributed by atoms with E-state index in [1.165, 1.54) is 12.1 Å². The van der Waals surface area contributed by atoms with Crippen LogP contribution in [0.5, 0.6) is 0 Å². The molecule has 3 nitrogen and oxygen atoms in total. The van der Waals surface area contributed by atoms with Gasteiger partial charge in [0, 0.05) is 30.7 Å². The second kappa shape index (κ2) is 4.76. The van der Waals surface area contributed by atoms with Crippen LogP contribution in [0.25, 0.3) is 0 Å². The number of fused-ring (bicyclic) bond motifs is 1. The number of hydrogen-bond acceptors (Lipinski definition) is 3. The molecular weight excluding hydrogens is 243 g/mol. The van der Waals surface area contributed by atoms with Gasteiger partial charge in [-0.05, 0) is 49.4 Å². The molecular formula is C15H21FN2O. The Balaban J connectivity index is 1.88. The zero-order chi connectivity index (χ0) is 13.6. The van der Waals surface area contributed by atoms with Crippen LogP contribution in [0.3, 0.4) is 0 Å². The Morgan fingerprint density at radius 3 is 2.84 bits per heavy atom. The predicted molar refractivity (Wildman–Crippen MR) is 73.4 cm³/mol. The number of hydrogen-bond donors (Lipinski definition) is 2. The molecule has 0 spiro atoms. The summed E-state index contributed by atoms with van der Waals surface area (Å²) in [7, 11) is 0. The number of halogens is 1. The Morgan fingerprint density at radius 1 is 1.37 bits per heavy atom. The van der Waals surface area contributed by atoms with Gasteiger partial charge in [-0.25, -0.2) is 4.39 Å². The number of rotatable bonds is 2. The third-order valence-electron chi connectivity index (χ3n) is 4.64. The number of aliphatic hydroxyl groups is 1. The summed E-state index contributed by atoms with van der Waals surface area (Å²) in [6.07, 6.45) is 1.85. The molecule has 3 N–H and O–H groups in total. The smallest absolute Gasteiger partial charge is 0.123 e. The fourth-order valence-corrected chi connectivity index (χ4v) is 3.61. The first kappa shape index (κ1) is 12.9. The maximum Gasteiger partial charge on any atom is 0.123 e. The molecule has 1 heterocycles. The van der Waals surface area contributed by atoms with Crippen LogP contribution in [-0.2, 0) is 0 Å². The van der Waals surface area contributed by atoms with E-state index in [-0.39, 0.29) is 18.0 Å². The molecule has 1 saturated carbocycles. The highest BCUT2D eigenvalue weighted by Crippen LogP contribution is 2.41. The lowest BCUT2D eigenvalue weighted by Crippen LogP contribution is -2.26. The molecule has 0 bridgehead atoms. The molecule has 1 aromatic carbocycles. The van der Waals surface area contributed by atoms with Gasteiger partial charge >= 0.3 is 0 Å². The van der Waals surface area contributed by atoms with Crippen LogP contribution in [-0.4, -0.2) is 24.3 Å². The molecule has 0 radical (unpaired) electrons. The van der Waals surface area contributed by atoms with E-state index in [0.29, 0.717) is 11.8 Å². The topological polar surface area (TPSA) is 49.5 Å². The van der Waals surface area contributed by atoms with Crippen LogP contribution < -0.4 is 10.6 Å². The number of nitrogens with two attached hydrogens (primary N) is 1. The van der Waals surface area contributed by atoms with Gasteiger partial charge < -0.3 is 15.7 Å². The molecule has 3 unspecified atom stereocenters. The van der Waals surface area contributed by atoms with Crippen molar-refractivity contribution in [2.45, 2.75) is 31.9 Å². The van der Waals surface area contributed by atoms with Gasteiger partial charge in [0.15, 0.2) is 0 Å². The number of nitrogens with zero attached hydrogens (tertiary/aromatic N) is 1. The molecule has 4 heteroatoms. The highest BCUT2D eigenvalue weighted by Gasteiger charge is 2.42. The number of benzene rings is 1. The van der Waals surface area contributed by atoms with Crippen molar-refractivity contribution in [2.24, 2.45) is 17.6 Å². The summed E-state index contributed by atoms with van der Waals surface area (Å²) < 4.78 is 13.4. The maximum atomic E-state index is 13.4. The first-order valence-electron chi connectivity index (χ1n) is 7.04. The minimum absolute atomic E-state index is 0.172. The van der Waals surface area contributed by atoms with Gasteiger partial charge in [0.2, 0.25) is 0 Å². The normalized spacial score (nSPS) is 31.6. The van der Waals surface area contributed by atoms with Crippen molar-refractivity contribution in [1.82, 2.24) is 0 Å². The summed E-state index contributed by atoms with van der Waals surface area (Å²) in [4.78, 5) is 2.26. The van der Waals surface area contributed by atoms with Crippen molar-refractivity contribution in [3.8, 4) is 0 Å². The van der Waals surface area contributed by atoms with Crippen molar-refractivity contribution in [2.75, 3.05) is 18.0 Å². The molecule has 0 aromatic heterocycles. The SMILES string of the molecule is C[C@H](N)c1cc(F)ccc1N1CC2CCC(O)C2C1. The molecule has 104 valence electrons. The van der Waals surface area contributed by atoms with Gasteiger partial charge in [-0.3, -0.25) is 0 Å². The van der Waals surface area contributed by atoms with Crippen LogP contribution >= 0.6 is 0 Å². The minimum atomic E-state index is -0.240. The summed E-state index contributed by atoms with van der Waals surface area (Å²) in [5, 5.41) is 9.98. The molecule has 1 aliphatic heterocycles. The molecule has 4 atom stereocenters. The largest absolute Gasteiger partial charge is 0.393 e. The van der Waals surface area contributed by atoms with E-state index in [0.717, 1.165) is 37.2 Å². The average Bonchev–Trinajstić information content (AvgIpc) is 2.92. The Morgan fingerprint density at radius 2 is 2.16 bits per heavy atom. The number of aliphatic hydroxyl groups excluding tert-OH is 1. The van der Waals surface area contributed by atoms with Gasteiger partial charge in [0.05, 0.1) is 6.10 Å². The summed E-state index contributed by atoms with van der Waals surface area (Å²) >= 11 is 0. The lowest BCUT2D eigenvalue weighted by molar-refractivity contribution is 0.133. The van der Waals surface area contributed by atoms with E-state index in [1.54, 1.807) is 0 Å². The van der Waals surface area contributed by atoms with Crippen molar-refractivity contribution in [1.29, 1.82) is 0 Å². The summed E-state index contributed by atoms with van der Waals surface area (Å²) in [5.74, 6) is 0.697. The van der Waals surface area contributed by atoms with E-state index in [9.17, 15) is 9.50 Å².